The van der Waals surface area contributed by atoms with Crippen molar-refractivity contribution in [1.82, 2.24) is 10.2 Å². The maximum atomic E-state index is 14.8. The van der Waals surface area contributed by atoms with Gasteiger partial charge in [-0.1, -0.05) is 34.5 Å². The molecule has 1 fully saturated rings. The van der Waals surface area contributed by atoms with Gasteiger partial charge in [0.15, 0.2) is 11.6 Å². The van der Waals surface area contributed by atoms with Gasteiger partial charge in [0.05, 0.1) is 34.5 Å². The second-order valence-corrected chi connectivity index (χ2v) is 10.9. The fraction of sp³-hybridized carbons (Fsp3) is 0.417. The van der Waals surface area contributed by atoms with E-state index in [9.17, 15) is 4.39 Å². The molecule has 9 heteroatoms. The molecular weight excluding hydrogens is 484 g/mol. The standard InChI is InChI=1S/C24H26Cl2FN3O2S/c1-13(2)28-20-6-5-15(7-18(20)26)22-29-30-23(33-22)16-8-19(27)21(9-17(16)25)31-11-14-10-24(3,4)32-12-14/h5-9,13-14,28H,10-12H2,1-4H3. The number of hydrogen-bond acceptors (Lipinski definition) is 6. The fourth-order valence-corrected chi connectivity index (χ4v) is 5.20. The van der Waals surface area contributed by atoms with E-state index in [1.165, 1.54) is 23.5 Å². The number of nitrogens with one attached hydrogen (secondary N) is 1. The molecule has 1 unspecified atom stereocenters. The first kappa shape index (κ1) is 24.2. The highest BCUT2D eigenvalue weighted by atomic mass is 35.5. The summed E-state index contributed by atoms with van der Waals surface area (Å²) < 4.78 is 26.2. The molecule has 0 saturated carbocycles. The number of halogens is 3. The van der Waals surface area contributed by atoms with Crippen molar-refractivity contribution in [3.63, 3.8) is 0 Å². The Kier molecular flexibility index (Phi) is 7.15. The number of aromatic nitrogens is 2. The average molecular weight is 510 g/mol. The zero-order valence-electron chi connectivity index (χ0n) is 18.9. The molecule has 5 nitrogen and oxygen atoms in total. The van der Waals surface area contributed by atoms with Gasteiger partial charge in [-0.05, 0) is 58.4 Å². The van der Waals surface area contributed by atoms with Gasteiger partial charge < -0.3 is 14.8 Å². The van der Waals surface area contributed by atoms with Gasteiger partial charge in [-0.25, -0.2) is 4.39 Å². The third-order valence-corrected chi connectivity index (χ3v) is 6.93. The van der Waals surface area contributed by atoms with Crippen LogP contribution < -0.4 is 10.1 Å². The molecule has 1 aromatic heterocycles. The highest BCUT2D eigenvalue weighted by Crippen LogP contribution is 2.38. The summed E-state index contributed by atoms with van der Waals surface area (Å²) in [6, 6.07) is 8.78. The Hall–Kier alpha value is -1.93. The lowest BCUT2D eigenvalue weighted by atomic mass is 9.99. The van der Waals surface area contributed by atoms with E-state index in [4.69, 9.17) is 32.7 Å². The third kappa shape index (κ3) is 5.77. The number of anilines is 1. The van der Waals surface area contributed by atoms with Crippen LogP contribution in [0.3, 0.4) is 0 Å². The van der Waals surface area contributed by atoms with E-state index in [2.05, 4.69) is 15.5 Å². The molecule has 0 radical (unpaired) electrons. The van der Waals surface area contributed by atoms with Crippen molar-refractivity contribution in [1.29, 1.82) is 0 Å². The Labute approximate surface area is 207 Å². The van der Waals surface area contributed by atoms with E-state index in [1.54, 1.807) is 0 Å². The van der Waals surface area contributed by atoms with Gasteiger partial charge >= 0.3 is 0 Å². The number of ether oxygens (including phenoxy) is 2. The quantitative estimate of drug-likeness (QED) is 0.361. The van der Waals surface area contributed by atoms with E-state index in [0.717, 1.165) is 17.7 Å². The molecule has 2 aromatic carbocycles. The molecule has 4 rings (SSSR count). The SMILES string of the molecule is CC(C)Nc1ccc(-c2nnc(-c3cc(F)c(OCC4COC(C)(C)C4)cc3Cl)s2)cc1Cl. The van der Waals surface area contributed by atoms with Crippen LogP contribution in [0, 0.1) is 11.7 Å². The van der Waals surface area contributed by atoms with Gasteiger partial charge in [0, 0.05) is 29.2 Å². The Morgan fingerprint density at radius 1 is 1.18 bits per heavy atom. The number of nitrogens with zero attached hydrogens (tertiary/aromatic N) is 2. The van der Waals surface area contributed by atoms with Crippen molar-refractivity contribution >= 4 is 40.2 Å². The molecule has 0 bridgehead atoms. The minimum Gasteiger partial charge on any atom is -0.490 e. The summed E-state index contributed by atoms with van der Waals surface area (Å²) in [5, 5.41) is 13.9. The minimum atomic E-state index is -0.489. The topological polar surface area (TPSA) is 56.3 Å². The van der Waals surface area contributed by atoms with Gasteiger partial charge in [0.2, 0.25) is 0 Å². The smallest absolute Gasteiger partial charge is 0.165 e. The molecule has 0 spiro atoms. The zero-order chi connectivity index (χ0) is 23.8. The largest absolute Gasteiger partial charge is 0.490 e. The molecule has 0 aliphatic carbocycles. The predicted molar refractivity (Wildman–Crippen MR) is 133 cm³/mol. The Balaban J connectivity index is 1.50. The Bertz CT molecular complexity index is 1150. The monoisotopic (exact) mass is 509 g/mol. The highest BCUT2D eigenvalue weighted by molar-refractivity contribution is 7.18. The fourth-order valence-electron chi connectivity index (χ4n) is 3.80. The molecule has 1 aliphatic heterocycles. The normalized spacial score (nSPS) is 17.5. The molecule has 2 heterocycles. The van der Waals surface area contributed by atoms with E-state index < -0.39 is 5.82 Å². The summed E-state index contributed by atoms with van der Waals surface area (Å²) in [5.41, 5.74) is 1.99. The predicted octanol–water partition coefficient (Wildman–Crippen LogP) is 7.33. The van der Waals surface area contributed by atoms with Gasteiger partial charge in [-0.2, -0.15) is 0 Å². The molecule has 3 aromatic rings. The zero-order valence-corrected chi connectivity index (χ0v) is 21.2. The maximum Gasteiger partial charge on any atom is 0.165 e. The molecular formula is C24H26Cl2FN3O2S. The van der Waals surface area contributed by atoms with Gasteiger partial charge in [0.1, 0.15) is 10.0 Å². The van der Waals surface area contributed by atoms with E-state index >= 15 is 0 Å². The summed E-state index contributed by atoms with van der Waals surface area (Å²) >= 11 is 14.2. The number of benzene rings is 2. The summed E-state index contributed by atoms with van der Waals surface area (Å²) in [6.45, 7) is 9.16. The maximum absolute atomic E-state index is 14.8. The van der Waals surface area contributed by atoms with Gasteiger partial charge in [-0.3, -0.25) is 0 Å². The highest BCUT2D eigenvalue weighted by Gasteiger charge is 2.32. The van der Waals surface area contributed by atoms with Crippen LogP contribution in [0.5, 0.6) is 5.75 Å². The van der Waals surface area contributed by atoms with Crippen LogP contribution in [-0.4, -0.2) is 35.1 Å². The first-order valence-electron chi connectivity index (χ1n) is 10.8. The Morgan fingerprint density at radius 3 is 2.61 bits per heavy atom. The van der Waals surface area contributed by atoms with Crippen LogP contribution in [0.2, 0.25) is 10.0 Å². The lowest BCUT2D eigenvalue weighted by Gasteiger charge is -2.16. The molecule has 0 amide bonds. The first-order chi connectivity index (χ1) is 15.6. The van der Waals surface area contributed by atoms with Crippen LogP contribution in [-0.2, 0) is 4.74 Å². The third-order valence-electron chi connectivity index (χ3n) is 5.30. The molecule has 176 valence electrons. The first-order valence-corrected chi connectivity index (χ1v) is 12.3. The van der Waals surface area contributed by atoms with Crippen LogP contribution in [0.1, 0.15) is 34.1 Å². The Morgan fingerprint density at radius 2 is 1.94 bits per heavy atom. The van der Waals surface area contributed by atoms with E-state index in [1.807, 2.05) is 45.9 Å². The lowest BCUT2D eigenvalue weighted by molar-refractivity contribution is 0.0340. The summed E-state index contributed by atoms with van der Waals surface area (Å²) in [6.07, 6.45) is 0.868. The molecule has 1 saturated heterocycles. The van der Waals surface area contributed by atoms with Crippen molar-refractivity contribution in [3.8, 4) is 26.9 Å². The summed E-state index contributed by atoms with van der Waals surface area (Å²) in [7, 11) is 0. The van der Waals surface area contributed by atoms with Crippen LogP contribution in [0.4, 0.5) is 10.1 Å². The molecule has 33 heavy (non-hydrogen) atoms. The van der Waals surface area contributed by atoms with Gasteiger partial charge in [-0.15, -0.1) is 10.2 Å². The van der Waals surface area contributed by atoms with Crippen molar-refractivity contribution < 1.29 is 13.9 Å². The van der Waals surface area contributed by atoms with Crippen molar-refractivity contribution in [3.05, 3.63) is 46.2 Å². The summed E-state index contributed by atoms with van der Waals surface area (Å²) in [5.74, 6) is -0.146. The number of hydrogen-bond donors (Lipinski definition) is 1. The average Bonchev–Trinajstić information content (AvgIpc) is 3.36. The summed E-state index contributed by atoms with van der Waals surface area (Å²) in [4.78, 5) is 0. The van der Waals surface area contributed by atoms with E-state index in [0.29, 0.717) is 38.8 Å². The minimum absolute atomic E-state index is 0.123. The molecule has 1 N–H and O–H groups in total. The lowest BCUT2D eigenvalue weighted by Crippen LogP contribution is -2.18. The van der Waals surface area contributed by atoms with Crippen molar-refractivity contribution in [2.75, 3.05) is 18.5 Å². The van der Waals surface area contributed by atoms with Crippen LogP contribution >= 0.6 is 34.5 Å². The second kappa shape index (κ2) is 9.74. The van der Waals surface area contributed by atoms with Gasteiger partial charge in [0.25, 0.3) is 0 Å². The van der Waals surface area contributed by atoms with Crippen LogP contribution in [0.15, 0.2) is 30.3 Å². The molecule has 1 atom stereocenters. The van der Waals surface area contributed by atoms with Crippen molar-refractivity contribution in [2.24, 2.45) is 5.92 Å². The van der Waals surface area contributed by atoms with Crippen LogP contribution in [0.25, 0.3) is 21.1 Å². The number of rotatable bonds is 7. The van der Waals surface area contributed by atoms with Crippen molar-refractivity contribution in [2.45, 2.75) is 45.8 Å². The van der Waals surface area contributed by atoms with E-state index in [-0.39, 0.29) is 23.3 Å². The molecule has 1 aliphatic rings. The second-order valence-electron chi connectivity index (χ2n) is 9.12.